The molecule has 0 aliphatic carbocycles. The molecule has 0 amide bonds. The summed E-state index contributed by atoms with van der Waals surface area (Å²) in [6.45, 7) is 2.76. The molecule has 6 nitrogen and oxygen atoms in total. The fraction of sp³-hybridized carbons (Fsp3) is 0.357. The molecule has 0 saturated carbocycles. The van der Waals surface area contributed by atoms with Crippen LogP contribution in [0.3, 0.4) is 0 Å². The second kappa shape index (κ2) is 6.89. The Bertz CT molecular complexity index is 717. The smallest absolute Gasteiger partial charge is 0.240 e. The number of hydrogen-bond acceptors (Lipinski definition) is 4. The summed E-state index contributed by atoms with van der Waals surface area (Å²) in [6.07, 6.45) is 3.48. The third kappa shape index (κ3) is 4.05. The van der Waals surface area contributed by atoms with Crippen LogP contribution in [-0.2, 0) is 16.6 Å². The fourth-order valence-corrected chi connectivity index (χ4v) is 3.11. The fourth-order valence-electron chi connectivity index (χ4n) is 1.93. The molecule has 0 fully saturated rings. The first-order chi connectivity index (χ1) is 10.4. The Labute approximate surface area is 129 Å². The maximum Gasteiger partial charge on any atom is 0.240 e. The van der Waals surface area contributed by atoms with Gasteiger partial charge in [0.25, 0.3) is 0 Å². The number of sulfonamides is 1. The Balaban J connectivity index is 2.01. The van der Waals surface area contributed by atoms with Crippen molar-refractivity contribution < 1.29 is 17.5 Å². The zero-order valence-corrected chi connectivity index (χ0v) is 13.2. The van der Waals surface area contributed by atoms with E-state index in [1.54, 1.807) is 10.9 Å². The first-order valence-electron chi connectivity index (χ1n) is 6.73. The highest BCUT2D eigenvalue weighted by atomic mass is 32.2. The third-order valence-electron chi connectivity index (χ3n) is 3.11. The number of ether oxygens (including phenoxy) is 1. The van der Waals surface area contributed by atoms with E-state index in [1.807, 2.05) is 19.2 Å². The maximum absolute atomic E-state index is 13.3. The van der Waals surface area contributed by atoms with Crippen LogP contribution in [0.15, 0.2) is 41.6 Å². The number of nitrogens with zero attached hydrogens (tertiary/aromatic N) is 2. The zero-order valence-electron chi connectivity index (χ0n) is 12.4. The van der Waals surface area contributed by atoms with Gasteiger partial charge in [-0.05, 0) is 24.1 Å². The molecule has 0 aliphatic rings. The summed E-state index contributed by atoms with van der Waals surface area (Å²) in [7, 11) is -2.42. The highest BCUT2D eigenvalue weighted by Crippen LogP contribution is 2.21. The van der Waals surface area contributed by atoms with Gasteiger partial charge in [0.05, 0.1) is 12.0 Å². The molecular weight excluding hydrogens is 309 g/mol. The minimum Gasteiger partial charge on any atom is -0.494 e. The van der Waals surface area contributed by atoms with Crippen LogP contribution in [-0.4, -0.2) is 31.9 Å². The Hall–Kier alpha value is -1.93. The van der Waals surface area contributed by atoms with E-state index < -0.39 is 15.8 Å². The lowest BCUT2D eigenvalue weighted by Gasteiger charge is -2.13. The summed E-state index contributed by atoms with van der Waals surface area (Å²) in [5.74, 6) is -0.655. The van der Waals surface area contributed by atoms with Crippen LogP contribution < -0.4 is 9.46 Å². The van der Waals surface area contributed by atoms with E-state index in [4.69, 9.17) is 4.74 Å². The number of hydrogen-bond donors (Lipinski definition) is 1. The van der Waals surface area contributed by atoms with Crippen LogP contribution >= 0.6 is 0 Å². The van der Waals surface area contributed by atoms with Gasteiger partial charge in [0.1, 0.15) is 0 Å². The van der Waals surface area contributed by atoms with Gasteiger partial charge < -0.3 is 4.74 Å². The van der Waals surface area contributed by atoms with Crippen LogP contribution in [0.2, 0.25) is 0 Å². The molecule has 120 valence electrons. The van der Waals surface area contributed by atoms with Gasteiger partial charge in [-0.1, -0.05) is 6.92 Å². The van der Waals surface area contributed by atoms with Gasteiger partial charge >= 0.3 is 0 Å². The van der Waals surface area contributed by atoms with Crippen LogP contribution in [0, 0.1) is 11.7 Å². The van der Waals surface area contributed by atoms with Crippen molar-refractivity contribution >= 4 is 10.0 Å². The standard InChI is InChI=1S/C14H18FN3O3S/c1-11(10-18-7-3-6-16-18)9-17-22(19,20)12-4-5-13(15)14(8-12)21-2/h3-8,11,17H,9-10H2,1-2H3/t11-/m1/s1. The Morgan fingerprint density at radius 2 is 2.23 bits per heavy atom. The van der Waals surface area contributed by atoms with E-state index in [-0.39, 0.29) is 23.1 Å². The first-order valence-corrected chi connectivity index (χ1v) is 8.21. The average molecular weight is 327 g/mol. The Morgan fingerprint density at radius 3 is 2.86 bits per heavy atom. The first kappa shape index (κ1) is 16.4. The van der Waals surface area contributed by atoms with Gasteiger partial charge in [-0.25, -0.2) is 17.5 Å². The molecule has 1 aromatic heterocycles. The van der Waals surface area contributed by atoms with Gasteiger partial charge in [0.2, 0.25) is 10.0 Å². The second-order valence-corrected chi connectivity index (χ2v) is 6.75. The van der Waals surface area contributed by atoms with E-state index in [1.165, 1.54) is 13.2 Å². The highest BCUT2D eigenvalue weighted by molar-refractivity contribution is 7.89. The molecule has 1 aromatic carbocycles. The molecule has 0 radical (unpaired) electrons. The van der Waals surface area contributed by atoms with Crippen molar-refractivity contribution in [2.45, 2.75) is 18.4 Å². The Kier molecular flexibility index (Phi) is 5.15. The predicted molar refractivity (Wildman–Crippen MR) is 79.5 cm³/mol. The summed E-state index contributed by atoms with van der Waals surface area (Å²) in [5, 5.41) is 4.07. The van der Waals surface area contributed by atoms with Crippen molar-refractivity contribution in [2.75, 3.05) is 13.7 Å². The van der Waals surface area contributed by atoms with E-state index in [9.17, 15) is 12.8 Å². The van der Waals surface area contributed by atoms with Crippen molar-refractivity contribution in [3.05, 3.63) is 42.5 Å². The van der Waals surface area contributed by atoms with E-state index in [0.717, 1.165) is 12.1 Å². The van der Waals surface area contributed by atoms with Gasteiger partial charge in [0.15, 0.2) is 11.6 Å². The van der Waals surface area contributed by atoms with Crippen LogP contribution in [0.4, 0.5) is 4.39 Å². The second-order valence-electron chi connectivity index (χ2n) is 4.98. The normalized spacial score (nSPS) is 13.0. The topological polar surface area (TPSA) is 73.2 Å². The minimum absolute atomic E-state index is 0.0305. The Morgan fingerprint density at radius 1 is 1.45 bits per heavy atom. The molecular formula is C14H18FN3O3S. The molecule has 8 heteroatoms. The number of benzene rings is 1. The zero-order chi connectivity index (χ0) is 16.2. The van der Waals surface area contributed by atoms with Crippen LogP contribution in [0.1, 0.15) is 6.92 Å². The molecule has 0 aliphatic heterocycles. The summed E-state index contributed by atoms with van der Waals surface area (Å²) in [5.41, 5.74) is 0. The molecule has 0 spiro atoms. The summed E-state index contributed by atoms with van der Waals surface area (Å²) in [6, 6.07) is 5.25. The van der Waals surface area contributed by atoms with Gasteiger partial charge in [0, 0.05) is 31.5 Å². The number of rotatable bonds is 7. The lowest BCUT2D eigenvalue weighted by atomic mass is 10.2. The van der Waals surface area contributed by atoms with E-state index in [2.05, 4.69) is 9.82 Å². The lowest BCUT2D eigenvalue weighted by Crippen LogP contribution is -2.30. The minimum atomic E-state index is -3.71. The lowest BCUT2D eigenvalue weighted by molar-refractivity contribution is 0.385. The van der Waals surface area contributed by atoms with Gasteiger partial charge in [-0.3, -0.25) is 4.68 Å². The SMILES string of the molecule is COc1cc(S(=O)(=O)NC[C@@H](C)Cn2cccn2)ccc1F. The van der Waals surface area contributed by atoms with Crippen molar-refractivity contribution in [1.29, 1.82) is 0 Å². The maximum atomic E-state index is 13.3. The summed E-state index contributed by atoms with van der Waals surface area (Å²) >= 11 is 0. The monoisotopic (exact) mass is 327 g/mol. The number of aromatic nitrogens is 2. The molecule has 1 heterocycles. The van der Waals surface area contributed by atoms with Crippen LogP contribution in [0.25, 0.3) is 0 Å². The molecule has 1 atom stereocenters. The van der Waals surface area contributed by atoms with Gasteiger partial charge in [-0.15, -0.1) is 0 Å². The van der Waals surface area contributed by atoms with Crippen LogP contribution in [0.5, 0.6) is 5.75 Å². The van der Waals surface area contributed by atoms with Crippen molar-refractivity contribution in [3.63, 3.8) is 0 Å². The number of methoxy groups -OCH3 is 1. The molecule has 1 N–H and O–H groups in total. The average Bonchev–Trinajstić information content (AvgIpc) is 2.98. The largest absolute Gasteiger partial charge is 0.494 e. The number of halogens is 1. The molecule has 2 rings (SSSR count). The summed E-state index contributed by atoms with van der Waals surface area (Å²) in [4.78, 5) is -0.0305. The quantitative estimate of drug-likeness (QED) is 0.839. The molecule has 0 saturated heterocycles. The molecule has 22 heavy (non-hydrogen) atoms. The molecule has 0 bridgehead atoms. The van der Waals surface area contributed by atoms with Crippen molar-refractivity contribution in [3.8, 4) is 5.75 Å². The molecule has 2 aromatic rings. The highest BCUT2D eigenvalue weighted by Gasteiger charge is 2.17. The van der Waals surface area contributed by atoms with Crippen molar-refractivity contribution in [2.24, 2.45) is 5.92 Å². The predicted octanol–water partition coefficient (Wildman–Crippen LogP) is 1.65. The van der Waals surface area contributed by atoms with E-state index >= 15 is 0 Å². The van der Waals surface area contributed by atoms with Crippen molar-refractivity contribution in [1.82, 2.24) is 14.5 Å². The molecule has 0 unspecified atom stereocenters. The summed E-state index contributed by atoms with van der Waals surface area (Å²) < 4.78 is 46.8. The number of nitrogens with one attached hydrogen (secondary N) is 1. The van der Waals surface area contributed by atoms with E-state index in [0.29, 0.717) is 6.54 Å². The third-order valence-corrected chi connectivity index (χ3v) is 4.53. The van der Waals surface area contributed by atoms with Gasteiger partial charge in [-0.2, -0.15) is 5.10 Å².